The molecule has 0 aliphatic heterocycles. The molecule has 1 aromatic rings. The number of nitrogens with two attached hydrogens (primary N) is 1. The average molecular weight is 205 g/mol. The second kappa shape index (κ2) is 3.62. The van der Waals surface area contributed by atoms with Gasteiger partial charge in [-0.2, -0.15) is 0 Å². The predicted molar refractivity (Wildman–Crippen MR) is 68.7 cm³/mol. The molecule has 2 N–H and O–H groups in total. The van der Waals surface area contributed by atoms with Gasteiger partial charge in [-0.25, -0.2) is 0 Å². The van der Waals surface area contributed by atoms with Crippen molar-refractivity contribution in [2.24, 2.45) is 0 Å². The van der Waals surface area contributed by atoms with Crippen LogP contribution >= 0.6 is 0 Å². The minimum atomic E-state index is -1.30. The van der Waals surface area contributed by atoms with Gasteiger partial charge < -0.3 is 5.73 Å². The summed E-state index contributed by atoms with van der Waals surface area (Å²) in [6.45, 7) is 12.8. The van der Waals surface area contributed by atoms with Crippen molar-refractivity contribution in [3.05, 3.63) is 29.8 Å². The molecule has 0 fully saturated rings. The van der Waals surface area contributed by atoms with Crippen molar-refractivity contribution in [3.63, 3.8) is 0 Å². The molecule has 14 heavy (non-hydrogen) atoms. The fourth-order valence-electron chi connectivity index (χ4n) is 1.62. The molecule has 0 aliphatic carbocycles. The Labute approximate surface area is 87.7 Å². The highest BCUT2D eigenvalue weighted by Crippen LogP contribution is 2.18. The Morgan fingerprint density at radius 3 is 2.29 bits per heavy atom. The van der Waals surface area contributed by atoms with Crippen molar-refractivity contribution in [2.75, 3.05) is 5.73 Å². The first kappa shape index (κ1) is 11.1. The Kier molecular flexibility index (Phi) is 2.86. The van der Waals surface area contributed by atoms with Crippen LogP contribution in [0.2, 0.25) is 19.6 Å². The fraction of sp³-hybridized carbons (Fsp3) is 0.333. The van der Waals surface area contributed by atoms with Gasteiger partial charge in [-0.1, -0.05) is 44.4 Å². The van der Waals surface area contributed by atoms with Crippen LogP contribution in [0, 0.1) is 6.92 Å². The average Bonchev–Trinajstić information content (AvgIpc) is 2.07. The summed E-state index contributed by atoms with van der Waals surface area (Å²) in [6.07, 6.45) is 1.86. The van der Waals surface area contributed by atoms with Crippen LogP contribution < -0.4 is 10.9 Å². The molecule has 0 aliphatic rings. The maximum atomic E-state index is 6.13. The molecule has 0 bridgehead atoms. The Hall–Kier alpha value is -1.02. The van der Waals surface area contributed by atoms with Gasteiger partial charge in [-0.15, -0.1) is 0 Å². The highest BCUT2D eigenvalue weighted by Gasteiger charge is 2.20. The number of nitrogen functional groups attached to an aromatic ring is 1. The zero-order valence-corrected chi connectivity index (χ0v) is 10.5. The van der Waals surface area contributed by atoms with Crippen LogP contribution in [0.5, 0.6) is 0 Å². The van der Waals surface area contributed by atoms with Gasteiger partial charge in [-0.3, -0.25) is 0 Å². The molecular formula is C12H19NSi. The van der Waals surface area contributed by atoms with E-state index in [0.29, 0.717) is 0 Å². The molecule has 0 heterocycles. The summed E-state index contributed by atoms with van der Waals surface area (Å²) in [4.78, 5) is 0. The molecule has 0 amide bonds. The minimum absolute atomic E-state index is 0.960. The standard InChI is InChI=1S/C12H19NSi/c1-6-10-7-8-11(14(3,4)5)12(13)9(10)2/h6-8H,1,13H2,2-5H3. The molecule has 1 aromatic carbocycles. The molecule has 0 aromatic heterocycles. The maximum Gasteiger partial charge on any atom is 0.0803 e. The van der Waals surface area contributed by atoms with E-state index in [1.165, 1.54) is 10.8 Å². The third kappa shape index (κ3) is 1.90. The van der Waals surface area contributed by atoms with Gasteiger partial charge in [-0.05, 0) is 23.2 Å². The van der Waals surface area contributed by atoms with Crippen molar-refractivity contribution in [1.29, 1.82) is 0 Å². The molecule has 0 atom stereocenters. The van der Waals surface area contributed by atoms with Gasteiger partial charge in [0.1, 0.15) is 0 Å². The lowest BCUT2D eigenvalue weighted by molar-refractivity contribution is 1.45. The van der Waals surface area contributed by atoms with Crippen LogP contribution in [0.1, 0.15) is 11.1 Å². The van der Waals surface area contributed by atoms with Crippen molar-refractivity contribution in [1.82, 2.24) is 0 Å². The van der Waals surface area contributed by atoms with Gasteiger partial charge in [0.25, 0.3) is 0 Å². The van der Waals surface area contributed by atoms with Crippen molar-refractivity contribution >= 4 is 25.0 Å². The van der Waals surface area contributed by atoms with Gasteiger partial charge >= 0.3 is 0 Å². The lowest BCUT2D eigenvalue weighted by Crippen LogP contribution is -2.39. The predicted octanol–water partition coefficient (Wildman–Crippen LogP) is 2.77. The van der Waals surface area contributed by atoms with E-state index in [2.05, 4.69) is 45.3 Å². The number of rotatable bonds is 2. The Morgan fingerprint density at radius 1 is 1.29 bits per heavy atom. The number of hydrogen-bond donors (Lipinski definition) is 1. The molecule has 1 rings (SSSR count). The molecule has 76 valence electrons. The molecule has 0 saturated heterocycles. The summed E-state index contributed by atoms with van der Waals surface area (Å²) >= 11 is 0. The third-order valence-electron chi connectivity index (χ3n) is 2.58. The van der Waals surface area contributed by atoms with Crippen LogP contribution in [0.15, 0.2) is 18.7 Å². The Balaban J connectivity index is 3.38. The maximum absolute atomic E-state index is 6.13. The number of hydrogen-bond acceptors (Lipinski definition) is 1. The highest BCUT2D eigenvalue weighted by atomic mass is 28.3. The number of benzene rings is 1. The minimum Gasteiger partial charge on any atom is -0.399 e. The summed E-state index contributed by atoms with van der Waals surface area (Å²) < 4.78 is 0. The van der Waals surface area contributed by atoms with Crippen molar-refractivity contribution in [3.8, 4) is 0 Å². The summed E-state index contributed by atoms with van der Waals surface area (Å²) in [5.74, 6) is 0. The quantitative estimate of drug-likeness (QED) is 0.583. The van der Waals surface area contributed by atoms with Crippen LogP contribution in [-0.4, -0.2) is 8.07 Å². The summed E-state index contributed by atoms with van der Waals surface area (Å²) in [5, 5.41) is 1.35. The summed E-state index contributed by atoms with van der Waals surface area (Å²) in [5.41, 5.74) is 9.40. The van der Waals surface area contributed by atoms with Crippen LogP contribution in [0.25, 0.3) is 6.08 Å². The topological polar surface area (TPSA) is 26.0 Å². The molecule has 1 nitrogen and oxygen atoms in total. The van der Waals surface area contributed by atoms with Crippen LogP contribution in [0.3, 0.4) is 0 Å². The van der Waals surface area contributed by atoms with Crippen molar-refractivity contribution < 1.29 is 0 Å². The lowest BCUT2D eigenvalue weighted by atomic mass is 10.1. The fourth-order valence-corrected chi connectivity index (χ4v) is 3.20. The first-order valence-electron chi connectivity index (χ1n) is 4.90. The second-order valence-corrected chi connectivity index (χ2v) is 9.73. The van der Waals surface area contributed by atoms with E-state index < -0.39 is 8.07 Å². The van der Waals surface area contributed by atoms with Crippen LogP contribution in [0.4, 0.5) is 5.69 Å². The first-order chi connectivity index (χ1) is 6.38. The van der Waals surface area contributed by atoms with Gasteiger partial charge in [0.15, 0.2) is 0 Å². The van der Waals surface area contributed by atoms with E-state index in [1.54, 1.807) is 0 Å². The van der Waals surface area contributed by atoms with Gasteiger partial charge in [0.2, 0.25) is 0 Å². The largest absolute Gasteiger partial charge is 0.399 e. The van der Waals surface area contributed by atoms with E-state index >= 15 is 0 Å². The third-order valence-corrected chi connectivity index (χ3v) is 4.64. The van der Waals surface area contributed by atoms with Crippen LogP contribution in [-0.2, 0) is 0 Å². The molecule has 0 saturated carbocycles. The Morgan fingerprint density at radius 2 is 1.86 bits per heavy atom. The monoisotopic (exact) mass is 205 g/mol. The Bertz CT molecular complexity index is 361. The zero-order chi connectivity index (χ0) is 10.9. The normalized spacial score (nSPS) is 11.4. The van der Waals surface area contributed by atoms with E-state index in [4.69, 9.17) is 5.73 Å². The van der Waals surface area contributed by atoms with Gasteiger partial charge in [0, 0.05) is 5.69 Å². The van der Waals surface area contributed by atoms with Crippen molar-refractivity contribution in [2.45, 2.75) is 26.6 Å². The van der Waals surface area contributed by atoms with E-state index in [1.807, 2.05) is 6.08 Å². The first-order valence-corrected chi connectivity index (χ1v) is 8.40. The molecule has 2 heteroatoms. The molecule has 0 radical (unpaired) electrons. The molecule has 0 spiro atoms. The molecular weight excluding hydrogens is 186 g/mol. The number of anilines is 1. The van der Waals surface area contributed by atoms with E-state index in [9.17, 15) is 0 Å². The lowest BCUT2D eigenvalue weighted by Gasteiger charge is -2.21. The summed E-state index contributed by atoms with van der Waals surface area (Å²) in [7, 11) is -1.30. The SMILES string of the molecule is C=Cc1ccc([Si](C)(C)C)c(N)c1C. The second-order valence-electron chi connectivity index (χ2n) is 4.70. The van der Waals surface area contributed by atoms with Gasteiger partial charge in [0.05, 0.1) is 8.07 Å². The highest BCUT2D eigenvalue weighted by molar-refractivity contribution is 6.89. The summed E-state index contributed by atoms with van der Waals surface area (Å²) in [6, 6.07) is 4.28. The van der Waals surface area contributed by atoms with E-state index in [-0.39, 0.29) is 0 Å². The smallest absolute Gasteiger partial charge is 0.0803 e. The molecule has 0 unspecified atom stereocenters. The zero-order valence-electron chi connectivity index (χ0n) is 9.52. The van der Waals surface area contributed by atoms with E-state index in [0.717, 1.165) is 11.3 Å².